The van der Waals surface area contributed by atoms with Gasteiger partial charge in [-0.2, -0.15) is 0 Å². The molecule has 0 aliphatic heterocycles. The van der Waals surface area contributed by atoms with Crippen LogP contribution in [0.2, 0.25) is 0 Å². The Morgan fingerprint density at radius 3 is 2.44 bits per heavy atom. The fourth-order valence-electron chi connectivity index (χ4n) is 3.15. The normalized spacial score (nSPS) is 12.3. The second-order valence-electron chi connectivity index (χ2n) is 6.72. The van der Waals surface area contributed by atoms with Gasteiger partial charge in [-0.25, -0.2) is 0 Å². The summed E-state index contributed by atoms with van der Waals surface area (Å²) >= 11 is 0. The molecule has 0 aliphatic rings. The topological polar surface area (TPSA) is 41.9 Å². The van der Waals surface area contributed by atoms with Crippen LogP contribution in [0.4, 0.5) is 0 Å². The number of fused-ring (bicyclic) bond motifs is 1. The molecule has 0 heterocycles. The van der Waals surface area contributed by atoms with Crippen LogP contribution in [0.1, 0.15) is 12.5 Å². The fraction of sp³-hybridized carbons (Fsp3) is 0.304. The van der Waals surface area contributed by atoms with Gasteiger partial charge in [0, 0.05) is 18.5 Å². The third-order valence-corrected chi connectivity index (χ3v) is 4.39. The van der Waals surface area contributed by atoms with Crippen LogP contribution < -0.4 is 9.47 Å². The van der Waals surface area contributed by atoms with E-state index in [-0.39, 0.29) is 6.61 Å². The highest BCUT2D eigenvalue weighted by molar-refractivity contribution is 5.88. The van der Waals surface area contributed by atoms with Gasteiger partial charge in [0.25, 0.3) is 0 Å². The van der Waals surface area contributed by atoms with Crippen molar-refractivity contribution in [3.63, 3.8) is 0 Å². The zero-order valence-corrected chi connectivity index (χ0v) is 16.0. The van der Waals surface area contributed by atoms with E-state index in [0.717, 1.165) is 28.8 Å². The van der Waals surface area contributed by atoms with Crippen molar-refractivity contribution in [1.29, 1.82) is 0 Å². The summed E-state index contributed by atoms with van der Waals surface area (Å²) in [7, 11) is 2.00. The number of hydrogen-bond donors (Lipinski definition) is 1. The minimum absolute atomic E-state index is 0.266. The van der Waals surface area contributed by atoms with Crippen LogP contribution in [0.25, 0.3) is 10.8 Å². The highest BCUT2D eigenvalue weighted by atomic mass is 16.5. The van der Waals surface area contributed by atoms with E-state index < -0.39 is 6.10 Å². The molecular formula is C23H27NO3. The maximum atomic E-state index is 10.4. The molecule has 1 unspecified atom stereocenters. The van der Waals surface area contributed by atoms with Crippen molar-refractivity contribution in [2.45, 2.75) is 19.6 Å². The van der Waals surface area contributed by atoms with Crippen molar-refractivity contribution in [1.82, 2.24) is 4.90 Å². The van der Waals surface area contributed by atoms with Crippen molar-refractivity contribution >= 4 is 10.8 Å². The van der Waals surface area contributed by atoms with E-state index in [1.54, 1.807) is 0 Å². The lowest BCUT2D eigenvalue weighted by molar-refractivity contribution is 0.0750. The van der Waals surface area contributed by atoms with E-state index in [1.807, 2.05) is 56.4 Å². The van der Waals surface area contributed by atoms with Crippen molar-refractivity contribution in [2.75, 3.05) is 26.8 Å². The number of rotatable bonds is 9. The molecule has 0 spiro atoms. The Bertz CT molecular complexity index is 842. The van der Waals surface area contributed by atoms with Crippen LogP contribution in [-0.4, -0.2) is 42.9 Å². The van der Waals surface area contributed by atoms with Crippen molar-refractivity contribution in [2.24, 2.45) is 0 Å². The molecule has 0 fully saturated rings. The summed E-state index contributed by atoms with van der Waals surface area (Å²) < 4.78 is 11.3. The molecule has 0 radical (unpaired) electrons. The molecule has 1 atom stereocenters. The fourth-order valence-corrected chi connectivity index (χ4v) is 3.15. The summed E-state index contributed by atoms with van der Waals surface area (Å²) in [4.78, 5) is 2.09. The Hall–Kier alpha value is -2.56. The van der Waals surface area contributed by atoms with E-state index in [0.29, 0.717) is 13.2 Å². The van der Waals surface area contributed by atoms with Crippen molar-refractivity contribution < 1.29 is 14.6 Å². The van der Waals surface area contributed by atoms with Crippen LogP contribution in [0, 0.1) is 0 Å². The Labute approximate surface area is 161 Å². The second kappa shape index (κ2) is 9.40. The van der Waals surface area contributed by atoms with Crippen LogP contribution in [0.3, 0.4) is 0 Å². The summed E-state index contributed by atoms with van der Waals surface area (Å²) in [5.41, 5.74) is 1.18. The molecule has 0 amide bonds. The first-order chi connectivity index (χ1) is 13.2. The molecule has 4 nitrogen and oxygen atoms in total. The Balaban J connectivity index is 1.50. The summed E-state index contributed by atoms with van der Waals surface area (Å²) in [5.74, 6) is 1.69. The molecule has 0 saturated heterocycles. The van der Waals surface area contributed by atoms with E-state index in [4.69, 9.17) is 9.47 Å². The van der Waals surface area contributed by atoms with Gasteiger partial charge in [0.05, 0.1) is 6.61 Å². The average Bonchev–Trinajstić information content (AvgIpc) is 2.68. The molecule has 1 N–H and O–H groups in total. The van der Waals surface area contributed by atoms with E-state index in [1.165, 1.54) is 5.56 Å². The Kier molecular flexibility index (Phi) is 6.69. The number of aliphatic hydroxyl groups excluding tert-OH is 1. The van der Waals surface area contributed by atoms with Crippen molar-refractivity contribution in [3.05, 3.63) is 72.3 Å². The van der Waals surface area contributed by atoms with Crippen LogP contribution in [0.15, 0.2) is 66.7 Å². The number of benzene rings is 3. The maximum Gasteiger partial charge on any atom is 0.127 e. The lowest BCUT2D eigenvalue weighted by atomic mass is 10.1. The summed E-state index contributed by atoms with van der Waals surface area (Å²) in [6, 6.07) is 22.1. The Morgan fingerprint density at radius 2 is 1.67 bits per heavy atom. The second-order valence-corrected chi connectivity index (χ2v) is 6.72. The van der Waals surface area contributed by atoms with E-state index >= 15 is 0 Å². The predicted octanol–water partition coefficient (Wildman–Crippen LogP) is 4.11. The molecule has 27 heavy (non-hydrogen) atoms. The molecule has 0 aromatic heterocycles. The van der Waals surface area contributed by atoms with Gasteiger partial charge in [0.2, 0.25) is 0 Å². The molecule has 3 aromatic carbocycles. The average molecular weight is 365 g/mol. The molecule has 0 aliphatic carbocycles. The third kappa shape index (κ3) is 5.46. The number of nitrogens with zero attached hydrogens (tertiary/aromatic N) is 1. The van der Waals surface area contributed by atoms with Crippen LogP contribution in [-0.2, 0) is 6.54 Å². The number of aliphatic hydroxyl groups is 1. The zero-order chi connectivity index (χ0) is 19.1. The van der Waals surface area contributed by atoms with Crippen LogP contribution in [0.5, 0.6) is 11.5 Å². The van der Waals surface area contributed by atoms with Crippen molar-refractivity contribution in [3.8, 4) is 11.5 Å². The summed E-state index contributed by atoms with van der Waals surface area (Å²) in [6.07, 6.45) is -0.559. The highest BCUT2D eigenvalue weighted by Gasteiger charge is 2.11. The molecule has 0 saturated carbocycles. The van der Waals surface area contributed by atoms with Crippen LogP contribution >= 0.6 is 0 Å². The van der Waals surface area contributed by atoms with Gasteiger partial charge < -0.3 is 14.6 Å². The lowest BCUT2D eigenvalue weighted by Gasteiger charge is -2.21. The SMILES string of the molecule is CCOc1ccc(CN(C)CC(O)COc2cccc3ccccc23)cc1. The minimum atomic E-state index is -0.559. The van der Waals surface area contributed by atoms with Gasteiger partial charge >= 0.3 is 0 Å². The molecule has 3 aromatic rings. The quantitative estimate of drug-likeness (QED) is 0.620. The summed E-state index contributed by atoms with van der Waals surface area (Å²) in [5, 5.41) is 12.6. The largest absolute Gasteiger partial charge is 0.494 e. The van der Waals surface area contributed by atoms with Gasteiger partial charge in [-0.05, 0) is 43.1 Å². The number of hydrogen-bond acceptors (Lipinski definition) is 4. The number of likely N-dealkylation sites (N-methyl/N-ethyl adjacent to an activating group) is 1. The first kappa shape index (κ1) is 19.2. The molecule has 4 heteroatoms. The van der Waals surface area contributed by atoms with Gasteiger partial charge in [0.15, 0.2) is 0 Å². The lowest BCUT2D eigenvalue weighted by Crippen LogP contribution is -2.32. The van der Waals surface area contributed by atoms with E-state index in [9.17, 15) is 5.11 Å². The molecular weight excluding hydrogens is 338 g/mol. The minimum Gasteiger partial charge on any atom is -0.494 e. The number of ether oxygens (including phenoxy) is 2. The summed E-state index contributed by atoms with van der Waals surface area (Å²) in [6.45, 7) is 4.21. The van der Waals surface area contributed by atoms with Gasteiger partial charge in [-0.15, -0.1) is 0 Å². The first-order valence-electron chi connectivity index (χ1n) is 9.34. The van der Waals surface area contributed by atoms with Gasteiger partial charge in [-0.1, -0.05) is 48.5 Å². The molecule has 0 bridgehead atoms. The van der Waals surface area contributed by atoms with Gasteiger partial charge in [-0.3, -0.25) is 4.90 Å². The molecule has 3 rings (SSSR count). The Morgan fingerprint density at radius 1 is 0.926 bits per heavy atom. The highest BCUT2D eigenvalue weighted by Crippen LogP contribution is 2.25. The molecule has 142 valence electrons. The predicted molar refractivity (Wildman–Crippen MR) is 109 cm³/mol. The zero-order valence-electron chi connectivity index (χ0n) is 16.0. The smallest absolute Gasteiger partial charge is 0.127 e. The maximum absolute atomic E-state index is 10.4. The standard InChI is InChI=1S/C23H27NO3/c1-3-26-21-13-11-18(12-14-21)15-24(2)16-20(25)17-27-23-10-6-8-19-7-4-5-9-22(19)23/h4-14,20,25H,3,15-17H2,1-2H3. The monoisotopic (exact) mass is 365 g/mol. The third-order valence-electron chi connectivity index (χ3n) is 4.39. The first-order valence-corrected chi connectivity index (χ1v) is 9.34. The van der Waals surface area contributed by atoms with E-state index in [2.05, 4.69) is 29.2 Å². The van der Waals surface area contributed by atoms with Gasteiger partial charge in [0.1, 0.15) is 24.2 Å².